The molecule has 0 aliphatic carbocycles. The summed E-state index contributed by atoms with van der Waals surface area (Å²) >= 11 is 0. The summed E-state index contributed by atoms with van der Waals surface area (Å²) in [7, 11) is -2.13. The number of aromatic nitrogens is 2. The molecule has 11 heteroatoms. The zero-order valence-corrected chi connectivity index (χ0v) is 19.6. The monoisotopic (exact) mass is 492 g/mol. The van der Waals surface area contributed by atoms with Crippen LogP contribution in [0.25, 0.3) is 11.0 Å². The number of sulfonamides is 1. The van der Waals surface area contributed by atoms with Gasteiger partial charge in [0.05, 0.1) is 34.6 Å². The lowest BCUT2D eigenvalue weighted by Crippen LogP contribution is -2.16. The maximum atomic E-state index is 13.0. The van der Waals surface area contributed by atoms with Gasteiger partial charge in [-0.3, -0.25) is 14.9 Å². The molecule has 1 aromatic heterocycles. The van der Waals surface area contributed by atoms with Crippen LogP contribution in [0.15, 0.2) is 71.6 Å². The Balaban J connectivity index is 1.54. The number of rotatable bonds is 9. The Kier molecular flexibility index (Phi) is 6.43. The Morgan fingerprint density at radius 2 is 1.77 bits per heavy atom. The molecule has 6 N–H and O–H groups in total. The van der Waals surface area contributed by atoms with Crippen molar-refractivity contribution in [2.24, 2.45) is 12.8 Å². The molecule has 4 rings (SSSR count). The number of amidine groups is 1. The number of aryl methyl sites for hydroxylation is 1. The number of carbonyl (C=O) groups is 1. The molecule has 0 bridgehead atoms. The molecule has 0 radical (unpaired) electrons. The Morgan fingerprint density at radius 3 is 2.46 bits per heavy atom. The molecule has 0 spiro atoms. The number of nitrogens with zero attached hydrogens (tertiary/aromatic N) is 2. The lowest BCUT2D eigenvalue weighted by Gasteiger charge is -2.11. The van der Waals surface area contributed by atoms with Gasteiger partial charge in [0.2, 0.25) is 0 Å². The van der Waals surface area contributed by atoms with E-state index in [1.54, 1.807) is 42.5 Å². The van der Waals surface area contributed by atoms with Crippen LogP contribution in [0, 0.1) is 5.41 Å². The summed E-state index contributed by atoms with van der Waals surface area (Å²) in [6, 6.07) is 18.2. The van der Waals surface area contributed by atoms with Gasteiger partial charge in [-0.25, -0.2) is 13.4 Å². The van der Waals surface area contributed by atoms with E-state index in [2.05, 4.69) is 15.0 Å². The fraction of sp³-hybridized carbons (Fsp3) is 0.125. The number of carboxylic acid groups (broad SMARTS) is 1. The molecular weight excluding hydrogens is 468 g/mol. The van der Waals surface area contributed by atoms with E-state index in [1.165, 1.54) is 12.1 Å². The van der Waals surface area contributed by atoms with Crippen molar-refractivity contribution < 1.29 is 18.3 Å². The number of imidazole rings is 1. The first-order valence-corrected chi connectivity index (χ1v) is 12.1. The third kappa shape index (κ3) is 5.25. The van der Waals surface area contributed by atoms with Crippen molar-refractivity contribution in [2.45, 2.75) is 17.9 Å². The van der Waals surface area contributed by atoms with Gasteiger partial charge in [0, 0.05) is 18.3 Å². The first-order valence-electron chi connectivity index (χ1n) is 10.6. The zero-order valence-electron chi connectivity index (χ0n) is 18.8. The van der Waals surface area contributed by atoms with Gasteiger partial charge in [0.1, 0.15) is 11.7 Å². The molecule has 0 saturated heterocycles. The van der Waals surface area contributed by atoms with E-state index in [9.17, 15) is 13.2 Å². The maximum Gasteiger partial charge on any atom is 0.307 e. The highest BCUT2D eigenvalue weighted by atomic mass is 32.2. The number of nitrogens with one attached hydrogen (secondary N) is 3. The third-order valence-corrected chi connectivity index (χ3v) is 6.96. The lowest BCUT2D eigenvalue weighted by atomic mass is 10.1. The number of fused-ring (bicyclic) bond motifs is 1. The second kappa shape index (κ2) is 9.47. The van der Waals surface area contributed by atoms with Crippen LogP contribution in [0.2, 0.25) is 0 Å². The van der Waals surface area contributed by atoms with E-state index >= 15 is 0 Å². The van der Waals surface area contributed by atoms with Gasteiger partial charge in [0.15, 0.2) is 0 Å². The molecule has 1 heterocycles. The van der Waals surface area contributed by atoms with Crippen molar-refractivity contribution in [3.8, 4) is 0 Å². The number of carboxylic acids is 1. The molecule has 0 saturated carbocycles. The second-order valence-corrected chi connectivity index (χ2v) is 9.57. The quantitative estimate of drug-likeness (QED) is 0.177. The predicted molar refractivity (Wildman–Crippen MR) is 134 cm³/mol. The number of nitrogens with two attached hydrogens (primary N) is 1. The molecule has 0 aliphatic rings. The molecular formula is C24H24N6O4S. The summed E-state index contributed by atoms with van der Waals surface area (Å²) in [5.41, 5.74) is 8.92. The van der Waals surface area contributed by atoms with E-state index in [4.69, 9.17) is 16.2 Å². The van der Waals surface area contributed by atoms with E-state index in [1.807, 2.05) is 23.7 Å². The van der Waals surface area contributed by atoms with Crippen molar-refractivity contribution in [1.29, 1.82) is 5.41 Å². The van der Waals surface area contributed by atoms with Crippen LogP contribution in [0.4, 0.5) is 11.4 Å². The third-order valence-electron chi connectivity index (χ3n) is 5.48. The number of hydrogen-bond acceptors (Lipinski definition) is 6. The topological polar surface area (TPSA) is 163 Å². The molecule has 10 nitrogen and oxygen atoms in total. The maximum absolute atomic E-state index is 13.0. The standard InChI is InChI=1S/C24H24N6O4S/c1-30-20-11-10-18(29-35(33,34)21-5-3-2-4-16(21)12-23(31)32)13-19(20)28-22(30)14-27-17-8-6-15(7-9-17)24(25)26/h2-11,13,27,29H,12,14H2,1H3,(H3,25,26)(H,31,32). The number of hydrogen-bond donors (Lipinski definition) is 5. The lowest BCUT2D eigenvalue weighted by molar-refractivity contribution is -0.136. The summed E-state index contributed by atoms with van der Waals surface area (Å²) < 4.78 is 30.4. The molecule has 35 heavy (non-hydrogen) atoms. The summed E-state index contributed by atoms with van der Waals surface area (Å²) in [4.78, 5) is 15.7. The molecule has 3 aromatic carbocycles. The van der Waals surface area contributed by atoms with Crippen molar-refractivity contribution in [3.05, 3.63) is 83.7 Å². The molecule has 0 aliphatic heterocycles. The van der Waals surface area contributed by atoms with Crippen LogP contribution in [0.5, 0.6) is 0 Å². The molecule has 180 valence electrons. The van der Waals surface area contributed by atoms with Gasteiger partial charge in [-0.2, -0.15) is 0 Å². The number of aliphatic carboxylic acids is 1. The van der Waals surface area contributed by atoms with Crippen molar-refractivity contribution >= 4 is 44.2 Å². The number of anilines is 2. The van der Waals surface area contributed by atoms with Gasteiger partial charge in [-0.1, -0.05) is 18.2 Å². The van der Waals surface area contributed by atoms with Gasteiger partial charge in [0.25, 0.3) is 10.0 Å². The molecule has 4 aromatic rings. The Morgan fingerprint density at radius 1 is 1.09 bits per heavy atom. The van der Waals surface area contributed by atoms with Gasteiger partial charge >= 0.3 is 5.97 Å². The van der Waals surface area contributed by atoms with E-state index in [0.29, 0.717) is 23.3 Å². The predicted octanol–water partition coefficient (Wildman–Crippen LogP) is 2.90. The van der Waals surface area contributed by atoms with Crippen LogP contribution < -0.4 is 15.8 Å². The first kappa shape index (κ1) is 23.8. The fourth-order valence-electron chi connectivity index (χ4n) is 3.71. The molecule has 0 unspecified atom stereocenters. The minimum Gasteiger partial charge on any atom is -0.481 e. The van der Waals surface area contributed by atoms with Crippen molar-refractivity contribution in [3.63, 3.8) is 0 Å². The Labute approximate surface area is 202 Å². The van der Waals surface area contributed by atoms with Gasteiger partial charge in [-0.15, -0.1) is 0 Å². The van der Waals surface area contributed by atoms with Crippen LogP contribution >= 0.6 is 0 Å². The minimum absolute atomic E-state index is 0.00343. The highest BCUT2D eigenvalue weighted by Gasteiger charge is 2.20. The summed E-state index contributed by atoms with van der Waals surface area (Å²) in [6.07, 6.45) is -0.399. The normalized spacial score (nSPS) is 11.3. The average molecular weight is 493 g/mol. The van der Waals surface area contributed by atoms with Gasteiger partial charge < -0.3 is 20.7 Å². The summed E-state index contributed by atoms with van der Waals surface area (Å²) in [6.45, 7) is 0.425. The molecule has 0 atom stereocenters. The van der Waals surface area contributed by atoms with Crippen molar-refractivity contribution in [1.82, 2.24) is 9.55 Å². The van der Waals surface area contributed by atoms with Crippen LogP contribution in [-0.2, 0) is 34.8 Å². The van der Waals surface area contributed by atoms with E-state index in [0.717, 1.165) is 17.0 Å². The summed E-state index contributed by atoms with van der Waals surface area (Å²) in [5, 5.41) is 19.8. The number of benzene rings is 3. The van der Waals surface area contributed by atoms with Crippen LogP contribution in [0.1, 0.15) is 17.0 Å². The molecule has 0 fully saturated rings. The van der Waals surface area contributed by atoms with Gasteiger partial charge in [-0.05, 0) is 54.1 Å². The van der Waals surface area contributed by atoms with Crippen molar-refractivity contribution in [2.75, 3.05) is 10.0 Å². The largest absolute Gasteiger partial charge is 0.481 e. The van der Waals surface area contributed by atoms with Crippen LogP contribution in [0.3, 0.4) is 0 Å². The SMILES string of the molecule is Cn1c(CNc2ccc(C(=N)N)cc2)nc2cc(NS(=O)(=O)c3ccccc3CC(=O)O)ccc21. The highest BCUT2D eigenvalue weighted by molar-refractivity contribution is 7.92. The summed E-state index contributed by atoms with van der Waals surface area (Å²) in [5.74, 6) is -0.371. The smallest absolute Gasteiger partial charge is 0.307 e. The minimum atomic E-state index is -4.00. The molecule has 0 amide bonds. The van der Waals surface area contributed by atoms with E-state index < -0.39 is 22.4 Å². The van der Waals surface area contributed by atoms with Crippen LogP contribution in [-0.4, -0.2) is 34.9 Å². The second-order valence-electron chi connectivity index (χ2n) is 7.92. The average Bonchev–Trinajstić information content (AvgIpc) is 3.12. The zero-order chi connectivity index (χ0) is 25.2. The first-order chi connectivity index (χ1) is 16.6. The Bertz CT molecular complexity index is 1530. The number of nitrogen functional groups attached to an aromatic ring is 1. The van der Waals surface area contributed by atoms with E-state index in [-0.39, 0.29) is 16.3 Å². The fourth-order valence-corrected chi connectivity index (χ4v) is 5.00. The Hall–Kier alpha value is -4.38. The highest BCUT2D eigenvalue weighted by Crippen LogP contribution is 2.24.